The number of hydrogen-bond acceptors (Lipinski definition) is 6. The van der Waals surface area contributed by atoms with E-state index in [1.165, 1.54) is 18.2 Å². The van der Waals surface area contributed by atoms with Crippen LogP contribution in [0.2, 0.25) is 0 Å². The Labute approximate surface area is 173 Å². The molecule has 1 unspecified atom stereocenters. The number of sulfonamides is 1. The minimum Gasteiger partial charge on any atom is -0.350 e. The molecule has 30 heavy (non-hydrogen) atoms. The maximum Gasteiger partial charge on any atom is 0.267 e. The van der Waals surface area contributed by atoms with Gasteiger partial charge in [0.25, 0.3) is 5.56 Å². The van der Waals surface area contributed by atoms with E-state index < -0.39 is 27.5 Å². The van der Waals surface area contributed by atoms with Crippen LogP contribution in [0, 0.1) is 13.8 Å². The van der Waals surface area contributed by atoms with Crippen molar-refractivity contribution in [2.75, 3.05) is 0 Å². The molecule has 0 radical (unpaired) electrons. The van der Waals surface area contributed by atoms with Gasteiger partial charge in [0.1, 0.15) is 6.04 Å². The van der Waals surface area contributed by atoms with Crippen LogP contribution in [0.15, 0.2) is 52.2 Å². The molecule has 0 saturated carbocycles. The molecule has 1 amide bonds. The number of nitrogens with zero attached hydrogens (tertiary/aromatic N) is 4. The zero-order valence-corrected chi connectivity index (χ0v) is 17.5. The fourth-order valence-corrected chi connectivity index (χ4v) is 3.43. The lowest BCUT2D eigenvalue weighted by Crippen LogP contribution is -2.37. The lowest BCUT2D eigenvalue weighted by Gasteiger charge is -2.15. The highest BCUT2D eigenvalue weighted by Crippen LogP contribution is 2.11. The number of rotatable bonds is 6. The number of aryl methyl sites for hydroxylation is 2. The Hall–Kier alpha value is -3.31. The van der Waals surface area contributed by atoms with Gasteiger partial charge in [-0.2, -0.15) is 5.10 Å². The average molecular weight is 430 g/mol. The number of nitrogens with two attached hydrogens (primary N) is 1. The molecular weight excluding hydrogens is 408 g/mol. The highest BCUT2D eigenvalue weighted by molar-refractivity contribution is 7.89. The third-order valence-electron chi connectivity index (χ3n) is 4.50. The normalized spacial score (nSPS) is 12.5. The number of primary sulfonamides is 1. The van der Waals surface area contributed by atoms with Gasteiger partial charge in [0, 0.05) is 18.3 Å². The zero-order chi connectivity index (χ0) is 22.1. The van der Waals surface area contributed by atoms with E-state index in [0.717, 1.165) is 16.1 Å². The molecule has 158 valence electrons. The number of amides is 1. The van der Waals surface area contributed by atoms with Crippen LogP contribution in [0.4, 0.5) is 0 Å². The summed E-state index contributed by atoms with van der Waals surface area (Å²) in [5.74, 6) is 0.0177. The smallest absolute Gasteiger partial charge is 0.267 e. The first-order valence-electron chi connectivity index (χ1n) is 9.09. The van der Waals surface area contributed by atoms with Crippen molar-refractivity contribution in [2.45, 2.75) is 38.3 Å². The molecule has 0 aliphatic rings. The zero-order valence-electron chi connectivity index (χ0n) is 16.7. The number of carbonyl (C=O) groups is 1. The third-order valence-corrected chi connectivity index (χ3v) is 5.43. The van der Waals surface area contributed by atoms with E-state index in [1.54, 1.807) is 29.8 Å². The van der Waals surface area contributed by atoms with Gasteiger partial charge >= 0.3 is 0 Å². The quantitative estimate of drug-likeness (QED) is 0.585. The molecule has 3 N–H and O–H groups in total. The van der Waals surface area contributed by atoms with Crippen molar-refractivity contribution in [3.63, 3.8) is 0 Å². The lowest BCUT2D eigenvalue weighted by molar-refractivity contribution is -0.124. The van der Waals surface area contributed by atoms with Crippen molar-refractivity contribution in [1.29, 1.82) is 0 Å². The monoisotopic (exact) mass is 430 g/mol. The van der Waals surface area contributed by atoms with Crippen LogP contribution >= 0.6 is 0 Å². The van der Waals surface area contributed by atoms with Crippen molar-refractivity contribution in [2.24, 2.45) is 5.14 Å². The van der Waals surface area contributed by atoms with Crippen LogP contribution in [0.25, 0.3) is 5.82 Å². The summed E-state index contributed by atoms with van der Waals surface area (Å²) in [5, 5.41) is 16.4. The second-order valence-electron chi connectivity index (χ2n) is 6.90. The van der Waals surface area contributed by atoms with E-state index in [-0.39, 0.29) is 11.4 Å². The Bertz CT molecular complexity index is 1240. The van der Waals surface area contributed by atoms with Gasteiger partial charge in [0.05, 0.1) is 10.6 Å². The lowest BCUT2D eigenvalue weighted by atomic mass is 10.2. The molecule has 2 heterocycles. The van der Waals surface area contributed by atoms with Crippen LogP contribution in [-0.2, 0) is 21.4 Å². The predicted molar refractivity (Wildman–Crippen MR) is 109 cm³/mol. The summed E-state index contributed by atoms with van der Waals surface area (Å²) in [6.07, 6.45) is 0. The van der Waals surface area contributed by atoms with E-state index in [0.29, 0.717) is 11.4 Å². The van der Waals surface area contributed by atoms with Gasteiger partial charge in [0.15, 0.2) is 5.82 Å². The molecule has 0 saturated heterocycles. The molecule has 2 aromatic heterocycles. The Balaban J connectivity index is 1.75. The van der Waals surface area contributed by atoms with Crippen LogP contribution in [0.3, 0.4) is 0 Å². The Morgan fingerprint density at radius 3 is 2.37 bits per heavy atom. The molecule has 3 aromatic rings. The first kappa shape index (κ1) is 21.4. The summed E-state index contributed by atoms with van der Waals surface area (Å²) in [6, 6.07) is 9.75. The van der Waals surface area contributed by atoms with E-state index in [1.807, 2.05) is 19.9 Å². The summed E-state index contributed by atoms with van der Waals surface area (Å²) in [6.45, 7) is 5.44. The van der Waals surface area contributed by atoms with Crippen LogP contribution in [-0.4, -0.2) is 33.9 Å². The van der Waals surface area contributed by atoms with E-state index >= 15 is 0 Å². The van der Waals surface area contributed by atoms with Gasteiger partial charge in [-0.3, -0.25) is 9.59 Å². The Kier molecular flexibility index (Phi) is 5.85. The second kappa shape index (κ2) is 8.20. The fraction of sp³-hybridized carbons (Fsp3) is 0.263. The van der Waals surface area contributed by atoms with E-state index in [2.05, 4.69) is 15.5 Å². The highest BCUT2D eigenvalue weighted by atomic mass is 32.2. The largest absolute Gasteiger partial charge is 0.350 e. The summed E-state index contributed by atoms with van der Waals surface area (Å²) in [7, 11) is -3.77. The standard InChI is InChI=1S/C19H22N6O4S/c1-12-10-13(2)24(22-12)17-8-9-18(26)25(23-17)14(3)19(27)21-11-15-4-6-16(7-5-15)30(20,28)29/h4-10,14H,11H2,1-3H3,(H,21,27)(H2,20,28,29). The van der Waals surface area contributed by atoms with Gasteiger partial charge in [0.2, 0.25) is 15.9 Å². The molecular formula is C19H22N6O4S. The number of carbonyl (C=O) groups excluding carboxylic acids is 1. The Morgan fingerprint density at radius 2 is 1.80 bits per heavy atom. The molecule has 1 aromatic carbocycles. The third kappa shape index (κ3) is 4.63. The summed E-state index contributed by atoms with van der Waals surface area (Å²) < 4.78 is 25.3. The molecule has 0 bridgehead atoms. The van der Waals surface area contributed by atoms with Crippen LogP contribution < -0.4 is 16.0 Å². The fourth-order valence-electron chi connectivity index (χ4n) is 2.91. The number of hydrogen-bond donors (Lipinski definition) is 2. The Morgan fingerprint density at radius 1 is 1.13 bits per heavy atom. The molecule has 3 rings (SSSR count). The van der Waals surface area contributed by atoms with Gasteiger partial charge in [-0.05, 0) is 50.6 Å². The first-order valence-corrected chi connectivity index (χ1v) is 10.6. The molecule has 0 aliphatic heterocycles. The van der Waals surface area contributed by atoms with Crippen molar-refractivity contribution in [3.8, 4) is 5.82 Å². The highest BCUT2D eigenvalue weighted by Gasteiger charge is 2.18. The van der Waals surface area contributed by atoms with Crippen molar-refractivity contribution in [1.82, 2.24) is 24.9 Å². The molecule has 0 spiro atoms. The summed E-state index contributed by atoms with van der Waals surface area (Å²) in [4.78, 5) is 24.8. The minimum atomic E-state index is -3.77. The summed E-state index contributed by atoms with van der Waals surface area (Å²) in [5.41, 5.74) is 1.93. The van der Waals surface area contributed by atoms with Crippen LogP contribution in [0.5, 0.6) is 0 Å². The van der Waals surface area contributed by atoms with Crippen LogP contribution in [0.1, 0.15) is 29.9 Å². The number of benzene rings is 1. The van der Waals surface area contributed by atoms with Gasteiger partial charge in [-0.1, -0.05) is 12.1 Å². The molecule has 11 heteroatoms. The van der Waals surface area contributed by atoms with Crippen molar-refractivity contribution >= 4 is 15.9 Å². The van der Waals surface area contributed by atoms with Gasteiger partial charge in [-0.25, -0.2) is 22.9 Å². The maximum atomic E-state index is 12.6. The number of nitrogens with one attached hydrogen (secondary N) is 1. The molecule has 10 nitrogen and oxygen atoms in total. The topological polar surface area (TPSA) is 142 Å². The first-order chi connectivity index (χ1) is 14.1. The van der Waals surface area contributed by atoms with E-state index in [9.17, 15) is 18.0 Å². The second-order valence-corrected chi connectivity index (χ2v) is 8.46. The van der Waals surface area contributed by atoms with Crippen molar-refractivity contribution < 1.29 is 13.2 Å². The van der Waals surface area contributed by atoms with E-state index in [4.69, 9.17) is 5.14 Å². The summed E-state index contributed by atoms with van der Waals surface area (Å²) >= 11 is 0. The maximum absolute atomic E-state index is 12.6. The van der Waals surface area contributed by atoms with Gasteiger partial charge in [-0.15, -0.1) is 5.10 Å². The molecule has 0 fully saturated rings. The van der Waals surface area contributed by atoms with Crippen molar-refractivity contribution in [3.05, 3.63) is 69.8 Å². The van der Waals surface area contributed by atoms with Gasteiger partial charge < -0.3 is 5.32 Å². The molecule has 0 aliphatic carbocycles. The number of aromatic nitrogens is 4. The minimum absolute atomic E-state index is 0.0114. The SMILES string of the molecule is Cc1cc(C)n(-c2ccc(=O)n(C(C)C(=O)NCc3ccc(S(N)(=O)=O)cc3)n2)n1. The average Bonchev–Trinajstić information content (AvgIpc) is 3.03. The molecule has 1 atom stereocenters. The predicted octanol–water partition coefficient (Wildman–Crippen LogP) is 0.571.